The van der Waals surface area contributed by atoms with Crippen molar-refractivity contribution in [1.82, 2.24) is 10.2 Å². The SMILES string of the molecule is CC1(c2nnc(S(C)(=O)=O)s2)CC(F)(F)C1(F)Cl. The highest BCUT2D eigenvalue weighted by molar-refractivity contribution is 7.92. The highest BCUT2D eigenvalue weighted by Crippen LogP contribution is 2.65. The summed E-state index contributed by atoms with van der Waals surface area (Å²) in [5.74, 6) is -3.67. The molecule has 0 radical (unpaired) electrons. The first-order valence-corrected chi connectivity index (χ1v) is 7.80. The van der Waals surface area contributed by atoms with E-state index in [1.807, 2.05) is 0 Å². The second kappa shape index (κ2) is 3.57. The second-order valence-electron chi connectivity index (χ2n) is 4.43. The monoisotopic (exact) mass is 320 g/mol. The van der Waals surface area contributed by atoms with Crippen LogP contribution in [0.25, 0.3) is 0 Å². The molecule has 0 aliphatic heterocycles. The summed E-state index contributed by atoms with van der Waals surface area (Å²) in [5, 5.41) is 3.40. The predicted molar refractivity (Wildman–Crippen MR) is 59.6 cm³/mol. The fourth-order valence-electron chi connectivity index (χ4n) is 1.76. The molecule has 1 aliphatic rings. The number of halogens is 4. The van der Waals surface area contributed by atoms with Gasteiger partial charge in [0.15, 0.2) is 0 Å². The van der Waals surface area contributed by atoms with Gasteiger partial charge in [-0.05, 0) is 6.92 Å². The van der Waals surface area contributed by atoms with Gasteiger partial charge in [0.05, 0.1) is 5.41 Å². The van der Waals surface area contributed by atoms with Gasteiger partial charge in [0.2, 0.25) is 14.2 Å². The summed E-state index contributed by atoms with van der Waals surface area (Å²) in [5.41, 5.74) is -1.74. The number of hydrogen-bond donors (Lipinski definition) is 0. The Hall–Kier alpha value is -0.410. The second-order valence-corrected chi connectivity index (χ2v) is 8.12. The average Bonchev–Trinajstić information content (AvgIpc) is 2.64. The standard InChI is InChI=1S/C8H8ClF3N2O2S2/c1-6(3-7(10,11)8(6,9)12)4-13-14-5(17-4)18(2,15)16/h3H2,1-2H3. The molecule has 10 heteroatoms. The fraction of sp³-hybridized carbons (Fsp3) is 0.750. The van der Waals surface area contributed by atoms with Crippen LogP contribution in [0.4, 0.5) is 13.2 Å². The van der Waals surface area contributed by atoms with E-state index in [1.54, 1.807) is 0 Å². The summed E-state index contributed by atoms with van der Waals surface area (Å²) in [4.78, 5) is 0. The number of aromatic nitrogens is 2. The lowest BCUT2D eigenvalue weighted by Gasteiger charge is -2.52. The van der Waals surface area contributed by atoms with Gasteiger partial charge in [-0.3, -0.25) is 0 Å². The normalized spacial score (nSPS) is 35.2. The van der Waals surface area contributed by atoms with Crippen LogP contribution in [0.5, 0.6) is 0 Å². The molecule has 1 fully saturated rings. The zero-order valence-corrected chi connectivity index (χ0v) is 11.6. The van der Waals surface area contributed by atoms with E-state index in [1.165, 1.54) is 6.92 Å². The Bertz CT molecular complexity index is 601. The van der Waals surface area contributed by atoms with E-state index in [9.17, 15) is 21.6 Å². The Morgan fingerprint density at radius 2 is 1.89 bits per heavy atom. The Kier molecular flexibility index (Phi) is 2.78. The van der Waals surface area contributed by atoms with Gasteiger partial charge in [-0.15, -0.1) is 10.2 Å². The van der Waals surface area contributed by atoms with Crippen molar-refractivity contribution in [3.8, 4) is 0 Å². The van der Waals surface area contributed by atoms with Crippen LogP contribution in [0.3, 0.4) is 0 Å². The van der Waals surface area contributed by atoms with Crippen LogP contribution in [0, 0.1) is 0 Å². The molecule has 18 heavy (non-hydrogen) atoms. The Balaban J connectivity index is 2.43. The maximum Gasteiger partial charge on any atom is 0.297 e. The molecule has 0 N–H and O–H groups in total. The molecule has 2 unspecified atom stereocenters. The molecular formula is C8H8ClF3N2O2S2. The van der Waals surface area contributed by atoms with Crippen LogP contribution >= 0.6 is 22.9 Å². The van der Waals surface area contributed by atoms with E-state index in [2.05, 4.69) is 10.2 Å². The van der Waals surface area contributed by atoms with E-state index in [0.717, 1.165) is 6.26 Å². The maximum absolute atomic E-state index is 13.8. The van der Waals surface area contributed by atoms with Crippen molar-refractivity contribution in [3.63, 3.8) is 0 Å². The zero-order chi connectivity index (χ0) is 14.0. The third kappa shape index (κ3) is 1.67. The summed E-state index contributed by atoms with van der Waals surface area (Å²) in [6.45, 7) is 1.17. The molecule has 102 valence electrons. The molecule has 4 nitrogen and oxygen atoms in total. The van der Waals surface area contributed by atoms with Crippen molar-refractivity contribution in [2.24, 2.45) is 0 Å². The van der Waals surface area contributed by atoms with Crippen LogP contribution in [0.1, 0.15) is 18.4 Å². The predicted octanol–water partition coefficient (Wildman–Crippen LogP) is 2.14. The lowest BCUT2D eigenvalue weighted by atomic mass is 9.65. The molecule has 1 aliphatic carbocycles. The average molecular weight is 321 g/mol. The molecule has 0 amide bonds. The summed E-state index contributed by atoms with van der Waals surface area (Å²) in [6, 6.07) is 0. The molecule has 1 saturated carbocycles. The third-order valence-electron chi connectivity index (χ3n) is 2.92. The first-order valence-electron chi connectivity index (χ1n) is 4.71. The summed E-state index contributed by atoms with van der Waals surface area (Å²) in [7, 11) is -3.60. The molecule has 1 aromatic rings. The van der Waals surface area contributed by atoms with E-state index in [0.29, 0.717) is 11.3 Å². The van der Waals surface area contributed by atoms with Crippen LogP contribution in [0.15, 0.2) is 4.34 Å². The number of rotatable bonds is 2. The van der Waals surface area contributed by atoms with Crippen LogP contribution in [0.2, 0.25) is 0 Å². The number of sulfone groups is 1. The lowest BCUT2D eigenvalue weighted by molar-refractivity contribution is -0.217. The first-order chi connectivity index (χ1) is 7.92. The minimum Gasteiger partial charge on any atom is -0.221 e. The van der Waals surface area contributed by atoms with Gasteiger partial charge in [0.1, 0.15) is 5.01 Å². The molecule has 0 bridgehead atoms. The molecule has 2 atom stereocenters. The van der Waals surface area contributed by atoms with Crippen LogP contribution in [-0.2, 0) is 15.3 Å². The van der Waals surface area contributed by atoms with E-state index in [-0.39, 0.29) is 9.35 Å². The van der Waals surface area contributed by atoms with Crippen molar-refractivity contribution in [3.05, 3.63) is 5.01 Å². The van der Waals surface area contributed by atoms with Gasteiger partial charge in [0.25, 0.3) is 11.1 Å². The number of hydrogen-bond acceptors (Lipinski definition) is 5. The molecule has 1 aromatic heterocycles. The van der Waals surface area contributed by atoms with Gasteiger partial charge in [0, 0.05) is 12.7 Å². The van der Waals surface area contributed by atoms with Crippen molar-refractivity contribution < 1.29 is 21.6 Å². The highest BCUT2D eigenvalue weighted by atomic mass is 35.5. The van der Waals surface area contributed by atoms with Crippen molar-refractivity contribution in [2.45, 2.75) is 34.1 Å². The third-order valence-corrected chi connectivity index (χ3v) is 6.47. The highest BCUT2D eigenvalue weighted by Gasteiger charge is 2.77. The number of nitrogens with zero attached hydrogens (tertiary/aromatic N) is 2. The summed E-state index contributed by atoms with van der Waals surface area (Å²) in [6.07, 6.45) is 0.0663. The van der Waals surface area contributed by atoms with Crippen LogP contribution < -0.4 is 0 Å². The molecule has 1 heterocycles. The maximum atomic E-state index is 13.8. The number of alkyl halides is 4. The minimum absolute atomic E-state index is 0.147. The molecule has 0 aromatic carbocycles. The van der Waals surface area contributed by atoms with Gasteiger partial charge >= 0.3 is 0 Å². The van der Waals surface area contributed by atoms with Crippen LogP contribution in [-0.4, -0.2) is 35.9 Å². The van der Waals surface area contributed by atoms with Crippen molar-refractivity contribution in [2.75, 3.05) is 6.26 Å². The molecule has 2 rings (SSSR count). The summed E-state index contributed by atoms with van der Waals surface area (Å²) >= 11 is 5.79. The van der Waals surface area contributed by atoms with Crippen molar-refractivity contribution >= 4 is 32.8 Å². The summed E-state index contributed by atoms with van der Waals surface area (Å²) < 4.78 is 62.0. The lowest BCUT2D eigenvalue weighted by Crippen LogP contribution is -2.67. The Labute approximate surface area is 110 Å². The largest absolute Gasteiger partial charge is 0.297 e. The fourth-order valence-corrected chi connectivity index (χ4v) is 3.83. The van der Waals surface area contributed by atoms with Gasteiger partial charge < -0.3 is 0 Å². The Morgan fingerprint density at radius 3 is 2.22 bits per heavy atom. The van der Waals surface area contributed by atoms with Gasteiger partial charge in [-0.1, -0.05) is 22.9 Å². The topological polar surface area (TPSA) is 59.9 Å². The van der Waals surface area contributed by atoms with Gasteiger partial charge in [-0.25, -0.2) is 21.6 Å². The molecular weight excluding hydrogens is 313 g/mol. The first kappa shape index (κ1) is 14.0. The molecule has 0 spiro atoms. The van der Waals surface area contributed by atoms with E-state index >= 15 is 0 Å². The Morgan fingerprint density at radius 1 is 1.33 bits per heavy atom. The van der Waals surface area contributed by atoms with E-state index < -0.39 is 32.7 Å². The molecule has 0 saturated heterocycles. The quantitative estimate of drug-likeness (QED) is 0.783. The zero-order valence-electron chi connectivity index (χ0n) is 9.25. The van der Waals surface area contributed by atoms with Gasteiger partial charge in [-0.2, -0.15) is 0 Å². The minimum atomic E-state index is -3.67. The van der Waals surface area contributed by atoms with Crippen molar-refractivity contribution in [1.29, 1.82) is 0 Å². The van der Waals surface area contributed by atoms with E-state index in [4.69, 9.17) is 11.6 Å². The smallest absolute Gasteiger partial charge is 0.221 e.